The van der Waals surface area contributed by atoms with Crippen LogP contribution in [-0.4, -0.2) is 30.6 Å². The lowest BCUT2D eigenvalue weighted by Gasteiger charge is -2.26. The molecule has 5 rings (SSSR count). The van der Waals surface area contributed by atoms with E-state index in [2.05, 4.69) is 24.3 Å². The zero-order valence-electron chi connectivity index (χ0n) is 15.8. The Hall–Kier alpha value is -3.01. The highest BCUT2D eigenvalue weighted by molar-refractivity contribution is 5.99. The average molecular weight is 373 g/mol. The molecule has 0 radical (unpaired) electrons. The first-order valence-corrected chi connectivity index (χ1v) is 9.99. The van der Waals surface area contributed by atoms with E-state index in [4.69, 9.17) is 9.47 Å². The number of fused-ring (bicyclic) bond motifs is 2. The van der Waals surface area contributed by atoms with E-state index in [-0.39, 0.29) is 11.9 Å². The Morgan fingerprint density at radius 3 is 2.57 bits per heavy atom. The molecule has 0 bridgehead atoms. The van der Waals surface area contributed by atoms with Gasteiger partial charge in [-0.05, 0) is 53.4 Å². The maximum atomic E-state index is 13.3. The van der Waals surface area contributed by atoms with Crippen molar-refractivity contribution < 1.29 is 14.3 Å². The molecule has 4 nitrogen and oxygen atoms in total. The molecule has 3 aromatic carbocycles. The first kappa shape index (κ1) is 17.1. The summed E-state index contributed by atoms with van der Waals surface area (Å²) in [5.74, 6) is 1.69. The highest BCUT2D eigenvalue weighted by Crippen LogP contribution is 2.38. The molecule has 0 aliphatic carbocycles. The fourth-order valence-electron chi connectivity index (χ4n) is 4.23. The standard InChI is InChI=1S/C24H23NO3/c26-24(20-9-8-17-5-1-2-6-18(17)15-20)25-12-3-7-21(25)19-10-11-22-23(16-19)28-14-4-13-27-22/h1-2,5-6,8-11,15-16,21H,3-4,7,12-14H2/t21-/m1/s1. The van der Waals surface area contributed by atoms with Crippen molar-refractivity contribution in [2.24, 2.45) is 0 Å². The van der Waals surface area contributed by atoms with Crippen LogP contribution in [0.4, 0.5) is 0 Å². The van der Waals surface area contributed by atoms with Crippen molar-refractivity contribution in [3.8, 4) is 11.5 Å². The van der Waals surface area contributed by atoms with Gasteiger partial charge in [0.2, 0.25) is 0 Å². The molecular weight excluding hydrogens is 350 g/mol. The van der Waals surface area contributed by atoms with Gasteiger partial charge in [-0.2, -0.15) is 0 Å². The first-order chi connectivity index (χ1) is 13.8. The highest BCUT2D eigenvalue weighted by Gasteiger charge is 2.31. The molecule has 142 valence electrons. The summed E-state index contributed by atoms with van der Waals surface area (Å²) in [4.78, 5) is 15.3. The molecule has 1 saturated heterocycles. The predicted octanol–water partition coefficient (Wildman–Crippen LogP) is 4.98. The molecule has 0 aromatic heterocycles. The lowest BCUT2D eigenvalue weighted by Crippen LogP contribution is -2.30. The highest BCUT2D eigenvalue weighted by atomic mass is 16.5. The van der Waals surface area contributed by atoms with Crippen LogP contribution in [0.2, 0.25) is 0 Å². The van der Waals surface area contributed by atoms with E-state index in [9.17, 15) is 4.79 Å². The molecule has 2 aliphatic rings. The lowest BCUT2D eigenvalue weighted by molar-refractivity contribution is 0.0735. The third-order valence-electron chi connectivity index (χ3n) is 5.67. The first-order valence-electron chi connectivity index (χ1n) is 9.99. The predicted molar refractivity (Wildman–Crippen MR) is 109 cm³/mol. The van der Waals surface area contributed by atoms with Crippen LogP contribution in [0.25, 0.3) is 10.8 Å². The minimum atomic E-state index is 0.0797. The summed E-state index contributed by atoms with van der Waals surface area (Å²) >= 11 is 0. The molecule has 1 amide bonds. The zero-order chi connectivity index (χ0) is 18.9. The Morgan fingerprint density at radius 2 is 1.68 bits per heavy atom. The van der Waals surface area contributed by atoms with Crippen molar-refractivity contribution in [2.75, 3.05) is 19.8 Å². The summed E-state index contributed by atoms with van der Waals surface area (Å²) in [6.07, 6.45) is 2.87. The van der Waals surface area contributed by atoms with Crippen molar-refractivity contribution in [1.29, 1.82) is 0 Å². The van der Waals surface area contributed by atoms with E-state index in [0.717, 1.165) is 59.2 Å². The summed E-state index contributed by atoms with van der Waals surface area (Å²) in [5, 5.41) is 2.25. The smallest absolute Gasteiger partial charge is 0.254 e. The molecule has 3 aromatic rings. The number of hydrogen-bond acceptors (Lipinski definition) is 3. The number of carbonyl (C=O) groups excluding carboxylic acids is 1. The molecule has 1 atom stereocenters. The van der Waals surface area contributed by atoms with E-state index in [1.807, 2.05) is 41.3 Å². The number of likely N-dealkylation sites (tertiary alicyclic amines) is 1. The zero-order valence-corrected chi connectivity index (χ0v) is 15.8. The van der Waals surface area contributed by atoms with E-state index < -0.39 is 0 Å². The van der Waals surface area contributed by atoms with E-state index in [0.29, 0.717) is 13.2 Å². The molecule has 2 aliphatic heterocycles. The van der Waals surface area contributed by atoms with Crippen molar-refractivity contribution in [2.45, 2.75) is 25.3 Å². The minimum absolute atomic E-state index is 0.0797. The van der Waals surface area contributed by atoms with Crippen LogP contribution in [0.5, 0.6) is 11.5 Å². The second-order valence-electron chi connectivity index (χ2n) is 7.48. The maximum Gasteiger partial charge on any atom is 0.254 e. The van der Waals surface area contributed by atoms with Crippen molar-refractivity contribution in [1.82, 2.24) is 4.90 Å². The summed E-state index contributed by atoms with van der Waals surface area (Å²) in [6.45, 7) is 2.13. The summed E-state index contributed by atoms with van der Waals surface area (Å²) in [7, 11) is 0. The largest absolute Gasteiger partial charge is 0.490 e. The molecule has 4 heteroatoms. The quantitative estimate of drug-likeness (QED) is 0.636. The number of benzene rings is 3. The molecular formula is C24H23NO3. The number of nitrogens with zero attached hydrogens (tertiary/aromatic N) is 1. The van der Waals surface area contributed by atoms with Crippen LogP contribution < -0.4 is 9.47 Å². The molecule has 0 unspecified atom stereocenters. The molecule has 0 N–H and O–H groups in total. The lowest BCUT2D eigenvalue weighted by atomic mass is 10.0. The minimum Gasteiger partial charge on any atom is -0.490 e. The topological polar surface area (TPSA) is 38.8 Å². The number of ether oxygens (including phenoxy) is 2. The fraction of sp³-hybridized carbons (Fsp3) is 0.292. The van der Waals surface area contributed by atoms with Gasteiger partial charge in [0.05, 0.1) is 19.3 Å². The number of amides is 1. The summed E-state index contributed by atoms with van der Waals surface area (Å²) < 4.78 is 11.6. The second kappa shape index (κ2) is 7.19. The van der Waals surface area contributed by atoms with Crippen LogP contribution in [-0.2, 0) is 0 Å². The SMILES string of the molecule is O=C(c1ccc2ccccc2c1)N1CCC[C@@H]1c1ccc2c(c1)OCCCO2. The van der Waals surface area contributed by atoms with Gasteiger partial charge in [-0.25, -0.2) is 0 Å². The normalized spacial score (nSPS) is 18.9. The third kappa shape index (κ3) is 3.09. The average Bonchev–Trinajstić information content (AvgIpc) is 3.11. The summed E-state index contributed by atoms with van der Waals surface area (Å²) in [6, 6.07) is 20.3. The van der Waals surface area contributed by atoms with Gasteiger partial charge < -0.3 is 14.4 Å². The number of hydrogen-bond donors (Lipinski definition) is 0. The van der Waals surface area contributed by atoms with Crippen LogP contribution in [0.15, 0.2) is 60.7 Å². The monoisotopic (exact) mass is 373 g/mol. The summed E-state index contributed by atoms with van der Waals surface area (Å²) in [5.41, 5.74) is 1.87. The Labute approximate surface area is 164 Å². The van der Waals surface area contributed by atoms with Crippen molar-refractivity contribution in [3.05, 3.63) is 71.8 Å². The van der Waals surface area contributed by atoms with E-state index in [1.54, 1.807) is 0 Å². The van der Waals surface area contributed by atoms with E-state index in [1.165, 1.54) is 0 Å². The van der Waals surface area contributed by atoms with E-state index >= 15 is 0 Å². The van der Waals surface area contributed by atoms with Gasteiger partial charge >= 0.3 is 0 Å². The third-order valence-corrected chi connectivity index (χ3v) is 5.67. The Balaban J connectivity index is 1.44. The molecule has 1 fully saturated rings. The molecule has 28 heavy (non-hydrogen) atoms. The Bertz CT molecular complexity index is 1030. The van der Waals surface area contributed by atoms with Gasteiger partial charge in [-0.1, -0.05) is 36.4 Å². The van der Waals surface area contributed by atoms with Gasteiger partial charge in [0, 0.05) is 18.5 Å². The van der Waals surface area contributed by atoms with Crippen LogP contribution in [0, 0.1) is 0 Å². The van der Waals surface area contributed by atoms with Gasteiger partial charge in [0.1, 0.15) is 0 Å². The number of rotatable bonds is 2. The van der Waals surface area contributed by atoms with Gasteiger partial charge in [-0.3, -0.25) is 4.79 Å². The van der Waals surface area contributed by atoms with Gasteiger partial charge in [0.15, 0.2) is 11.5 Å². The van der Waals surface area contributed by atoms with Crippen molar-refractivity contribution in [3.63, 3.8) is 0 Å². The van der Waals surface area contributed by atoms with Gasteiger partial charge in [0.25, 0.3) is 5.91 Å². The molecule has 0 spiro atoms. The van der Waals surface area contributed by atoms with Crippen LogP contribution in [0.3, 0.4) is 0 Å². The van der Waals surface area contributed by atoms with Crippen LogP contribution in [0.1, 0.15) is 41.2 Å². The molecule has 0 saturated carbocycles. The number of carbonyl (C=O) groups is 1. The Morgan fingerprint density at radius 1 is 0.857 bits per heavy atom. The fourth-order valence-corrected chi connectivity index (χ4v) is 4.23. The molecule has 2 heterocycles. The van der Waals surface area contributed by atoms with Crippen LogP contribution >= 0.6 is 0 Å². The maximum absolute atomic E-state index is 13.3. The van der Waals surface area contributed by atoms with Crippen molar-refractivity contribution >= 4 is 16.7 Å². The Kier molecular flexibility index (Phi) is 4.40. The second-order valence-corrected chi connectivity index (χ2v) is 7.48. The van der Waals surface area contributed by atoms with Gasteiger partial charge in [-0.15, -0.1) is 0 Å².